The average molecular weight is 2020 g/mol. The number of benzene rings is 4. The summed E-state index contributed by atoms with van der Waals surface area (Å²) < 4.78 is 398. The minimum atomic E-state index is -4.26. The highest BCUT2D eigenvalue weighted by molar-refractivity contribution is 8.06. The van der Waals surface area contributed by atoms with Crippen molar-refractivity contribution in [3.8, 4) is 46.0 Å². The van der Waals surface area contributed by atoms with Crippen molar-refractivity contribution in [1.29, 1.82) is 0 Å². The number of halogens is 1. The van der Waals surface area contributed by atoms with Gasteiger partial charge in [0.1, 0.15) is 36.6 Å². The lowest BCUT2D eigenvalue weighted by molar-refractivity contribution is -0.147. The van der Waals surface area contributed by atoms with E-state index in [0.717, 1.165) is 18.4 Å². The maximum atomic E-state index is 11.9. The topological polar surface area (TPSA) is 626 Å². The molecule has 11 unspecified atom stereocenters. The SMILES string of the molecule is C=C(C)C1CCC(C)(OC)C2OS(=O)(=O)CS(=O)(=O)OC12.CC(C)C1CCC(C)C2OS(=O)(=O)CS(=O)(=O)OC12.CCc1cccc2c1OS(=O)(=O)CS(=O)(=O)O2.COC1CCCC2OS(=O)(=O)CS(=O)(=O)OC12.Cc1cccc2c1OS(=O)(=O)CS(=O)(=O)O2.O=S1(=O)CS(=O)(=O)Oc2c(Cl)cccc2O1.O=S1(=O)CS(=O)(=O)Oc2ccccc2O1. The third kappa shape index (κ3) is 28.4. The molecule has 11 atom stereocenters. The quantitative estimate of drug-likeness (QED) is 0.204. The summed E-state index contributed by atoms with van der Waals surface area (Å²) in [5.74, 6) is -1.28. The monoisotopic (exact) mass is 2010 g/mol. The van der Waals surface area contributed by atoms with Gasteiger partial charge in [-0.2, -0.15) is 118 Å². The number of hydrogen-bond acceptors (Lipinski definition) is 44. The van der Waals surface area contributed by atoms with Gasteiger partial charge in [0.05, 0.1) is 16.7 Å². The molecule has 59 heteroatoms. The number of methoxy groups -OCH3 is 2. The largest absolute Gasteiger partial charge is 0.379 e. The van der Waals surface area contributed by atoms with Gasteiger partial charge >= 0.3 is 80.9 Å². The zero-order valence-corrected chi connectivity index (χ0v) is 76.9. The molecule has 0 amide bonds. The zero-order chi connectivity index (χ0) is 90.9. The van der Waals surface area contributed by atoms with E-state index in [1.807, 2.05) is 20.8 Å². The Balaban J connectivity index is 0.000000176. The summed E-state index contributed by atoms with van der Waals surface area (Å²) in [6.07, 6.45) is -0.513. The normalized spacial score (nSPS) is 30.5. The maximum absolute atomic E-state index is 11.9. The summed E-state index contributed by atoms with van der Waals surface area (Å²) in [5, 5.41) is -8.26. The highest BCUT2D eigenvalue weighted by Gasteiger charge is 2.56. The first-order valence-electron chi connectivity index (χ1n) is 34.9. The van der Waals surface area contributed by atoms with Crippen molar-refractivity contribution >= 4 is 153 Å². The molecule has 121 heavy (non-hydrogen) atoms. The van der Waals surface area contributed by atoms with Crippen LogP contribution >= 0.6 is 11.6 Å². The van der Waals surface area contributed by atoms with Gasteiger partial charge in [0.25, 0.3) is 60.7 Å². The number of aryl methyl sites for hydroxylation is 2. The van der Waals surface area contributed by atoms with Crippen molar-refractivity contribution in [1.82, 2.24) is 0 Å². The van der Waals surface area contributed by atoms with Crippen LogP contribution in [-0.4, -0.2) is 216 Å². The summed E-state index contributed by atoms with van der Waals surface area (Å²) in [7, 11) is -55.5. The minimum Gasteiger partial charge on any atom is -0.379 e. The summed E-state index contributed by atoms with van der Waals surface area (Å²) in [4.78, 5) is 0. The molecule has 3 aliphatic carbocycles. The highest BCUT2D eigenvalue weighted by Crippen LogP contribution is 2.46. The van der Waals surface area contributed by atoms with Crippen molar-refractivity contribution < 1.29 is 186 Å². The fourth-order valence-corrected chi connectivity index (χ4v) is 32.9. The Bertz CT molecular complexity index is 6120. The van der Waals surface area contributed by atoms with Crippen molar-refractivity contribution in [3.63, 3.8) is 0 Å². The van der Waals surface area contributed by atoms with E-state index >= 15 is 0 Å². The molecule has 0 spiro atoms. The van der Waals surface area contributed by atoms with E-state index in [1.54, 1.807) is 52.0 Å². The molecular formula is C62H83ClO44S14. The van der Waals surface area contributed by atoms with E-state index in [1.165, 1.54) is 68.8 Å². The smallest absolute Gasteiger partial charge is 0.327 e. The fourth-order valence-electron chi connectivity index (χ4n) is 12.9. The van der Waals surface area contributed by atoms with E-state index < -0.39 is 226 Å². The molecule has 10 aliphatic rings. The van der Waals surface area contributed by atoms with Crippen LogP contribution in [0.1, 0.15) is 97.6 Å². The van der Waals surface area contributed by atoms with Crippen LogP contribution in [-0.2, 0) is 183 Å². The van der Waals surface area contributed by atoms with Crippen LogP contribution in [0.2, 0.25) is 5.02 Å². The second-order valence-electron chi connectivity index (χ2n) is 28.4. The Morgan fingerprint density at radius 2 is 0.802 bits per heavy atom. The minimum absolute atomic E-state index is 0.00993. The lowest BCUT2D eigenvalue weighted by Crippen LogP contribution is -2.57. The first-order valence-corrected chi connectivity index (χ1v) is 57.3. The van der Waals surface area contributed by atoms with E-state index in [2.05, 4.69) is 31.7 Å². The average Bonchev–Trinajstić information content (AvgIpc) is 1.57. The predicted molar refractivity (Wildman–Crippen MR) is 422 cm³/mol. The lowest BCUT2D eigenvalue weighted by atomic mass is 9.73. The van der Waals surface area contributed by atoms with Gasteiger partial charge in [-0.05, 0) is 137 Å². The second-order valence-corrected chi connectivity index (χ2v) is 53.5. The molecular weight excluding hydrogens is 1930 g/mol. The molecule has 0 aromatic heterocycles. The van der Waals surface area contributed by atoms with Crippen molar-refractivity contribution in [2.45, 2.75) is 148 Å². The summed E-state index contributed by atoms with van der Waals surface area (Å²) in [6, 6.07) is 18.7. The van der Waals surface area contributed by atoms with E-state index in [-0.39, 0.29) is 74.7 Å². The van der Waals surface area contributed by atoms with Crippen LogP contribution in [0.15, 0.2) is 91.0 Å². The Labute approximate surface area is 708 Å². The summed E-state index contributed by atoms with van der Waals surface area (Å²) >= 11 is 5.67. The molecule has 686 valence electrons. The molecule has 0 bridgehead atoms. The van der Waals surface area contributed by atoms with Gasteiger partial charge in [0, 0.05) is 20.1 Å². The lowest BCUT2D eigenvalue weighted by Gasteiger charge is -2.45. The standard InChI is InChI=1S/C12H20O7S2.C11H20O6S2.C9H10O6S2.C8H14O7S2.C8H8O6S2.C7H5ClO6S2.C7H6O6S2/c1-8(2)9-5-6-12(3,17-4)11-10(9)18-20(13,14)7-21(15,16)19-11;1-7(2)9-5-4-8(3)10-11(9)17-19(14,15)6-18(12,13)16-10;1-2-7-4-3-5-8-9(7)15-17(12,13)6-16(10,11)14-8;1-13-6-3-2-4-7-8(6)15-17(11,12)5-16(9,10)14-7;1-6-3-2-4-7-8(6)14-16(11,12)5-15(9,10)13-7;8-5-2-1-3-6-7(5)14-16(11,12)4-15(9,10)13-6;8-14(9)5-15(10,11)13-7-4-2-1-3-6(7)12-14/h9-11H,1,5-7H2,2-4H3;7-11H,4-6H2,1-3H3;3-5H,2,6H2,1H3;6-8H,2-5H2,1H3;2-4H,5H2,1H3;1-3H,4H2;1-4H,5H2. The van der Waals surface area contributed by atoms with Crippen molar-refractivity contribution in [3.05, 3.63) is 107 Å². The molecule has 0 N–H and O–H groups in total. The summed E-state index contributed by atoms with van der Waals surface area (Å²) in [5.41, 5.74) is 0.839. The molecule has 4 aromatic carbocycles. The first-order chi connectivity index (χ1) is 55.2. The van der Waals surface area contributed by atoms with Gasteiger partial charge in [-0.1, -0.05) is 93.9 Å². The molecule has 14 rings (SSSR count). The molecule has 7 aliphatic heterocycles. The number of para-hydroxylation sites is 5. The van der Waals surface area contributed by atoms with Crippen molar-refractivity contribution in [2.75, 3.05) is 49.8 Å². The van der Waals surface area contributed by atoms with Gasteiger partial charge in [-0.15, -0.1) is 0 Å². The Kier molecular flexibility index (Phi) is 31.4. The van der Waals surface area contributed by atoms with Crippen LogP contribution in [0, 0.1) is 30.6 Å². The van der Waals surface area contributed by atoms with Gasteiger partial charge < -0.3 is 42.9 Å². The predicted octanol–water partition coefficient (Wildman–Crippen LogP) is 3.28. The Morgan fingerprint density at radius 3 is 1.26 bits per heavy atom. The third-order valence-corrected chi connectivity index (χ3v) is 41.2. The number of hydrogen-bond donors (Lipinski definition) is 0. The molecule has 3 saturated carbocycles. The van der Waals surface area contributed by atoms with Gasteiger partial charge in [-0.3, -0.25) is 25.1 Å². The van der Waals surface area contributed by atoms with Crippen molar-refractivity contribution in [2.24, 2.45) is 23.7 Å². The molecule has 6 fully saturated rings. The fraction of sp³-hybridized carbons (Fsp3) is 0.581. The van der Waals surface area contributed by atoms with Gasteiger partial charge in [-0.25, -0.2) is 0 Å². The Morgan fingerprint density at radius 1 is 0.430 bits per heavy atom. The zero-order valence-electron chi connectivity index (χ0n) is 64.7. The van der Waals surface area contributed by atoms with Crippen LogP contribution in [0.4, 0.5) is 0 Å². The van der Waals surface area contributed by atoms with Crippen LogP contribution in [0.25, 0.3) is 0 Å². The third-order valence-electron chi connectivity index (χ3n) is 18.2. The van der Waals surface area contributed by atoms with Gasteiger partial charge in [0.15, 0.2) is 40.2 Å². The van der Waals surface area contributed by atoms with E-state index in [9.17, 15) is 118 Å². The Hall–Kier alpha value is -5.71. The van der Waals surface area contributed by atoms with E-state index in [0.29, 0.717) is 49.7 Å². The van der Waals surface area contributed by atoms with Gasteiger partial charge in [0.2, 0.25) is 41.3 Å². The molecule has 44 nitrogen and oxygen atoms in total. The highest BCUT2D eigenvalue weighted by atomic mass is 35.5. The molecule has 7 heterocycles. The van der Waals surface area contributed by atoms with E-state index in [4.69, 9.17) is 54.5 Å². The number of ether oxygens (including phenoxy) is 2. The molecule has 3 saturated heterocycles. The number of fused-ring (bicyclic) bond motifs is 7. The molecule has 4 aromatic rings. The maximum Gasteiger partial charge on any atom is 0.327 e. The summed E-state index contributed by atoms with van der Waals surface area (Å²) in [6.45, 7) is 16.5. The van der Waals surface area contributed by atoms with Crippen LogP contribution in [0.3, 0.4) is 0 Å². The first kappa shape index (κ1) is 101. The van der Waals surface area contributed by atoms with Crippen LogP contribution < -0.4 is 33.5 Å². The number of rotatable bonds is 5. The van der Waals surface area contributed by atoms with Crippen LogP contribution in [0.5, 0.6) is 46.0 Å². The second kappa shape index (κ2) is 37.7. The molecule has 0 radical (unpaired) electrons.